The van der Waals surface area contributed by atoms with Crippen LogP contribution in [0.1, 0.15) is 51.0 Å². The van der Waals surface area contributed by atoms with Gasteiger partial charge in [0.15, 0.2) is 0 Å². The first-order chi connectivity index (χ1) is 9.06. The van der Waals surface area contributed by atoms with Crippen molar-refractivity contribution < 1.29 is 4.79 Å². The number of nitrogen functional groups attached to an aromatic ring is 1. The van der Waals surface area contributed by atoms with Crippen LogP contribution in [0.25, 0.3) is 0 Å². The Morgan fingerprint density at radius 1 is 1.32 bits per heavy atom. The molecule has 1 unspecified atom stereocenters. The van der Waals surface area contributed by atoms with Crippen LogP contribution in [0.15, 0.2) is 24.3 Å². The number of nitrogens with two attached hydrogens (primary N) is 1. The lowest BCUT2D eigenvalue weighted by molar-refractivity contribution is -0.123. The van der Waals surface area contributed by atoms with Gasteiger partial charge in [-0.15, -0.1) is 0 Å². The zero-order valence-corrected chi connectivity index (χ0v) is 11.9. The Kier molecular flexibility index (Phi) is 4.46. The fraction of sp³-hybridized carbons (Fsp3) is 0.562. The Balaban J connectivity index is 1.92. The maximum atomic E-state index is 12.3. The van der Waals surface area contributed by atoms with Crippen LogP contribution in [0.3, 0.4) is 0 Å². The summed E-state index contributed by atoms with van der Waals surface area (Å²) in [6.07, 6.45) is 4.66. The molecule has 1 atom stereocenters. The molecule has 0 heterocycles. The number of anilines is 1. The van der Waals surface area contributed by atoms with Crippen molar-refractivity contribution in [2.45, 2.75) is 51.5 Å². The summed E-state index contributed by atoms with van der Waals surface area (Å²) in [7, 11) is 0. The molecule has 104 valence electrons. The molecule has 19 heavy (non-hydrogen) atoms. The van der Waals surface area contributed by atoms with Crippen LogP contribution in [0, 0.1) is 5.92 Å². The molecule has 1 aromatic rings. The topological polar surface area (TPSA) is 55.1 Å². The Bertz CT molecular complexity index is 436. The predicted molar refractivity (Wildman–Crippen MR) is 78.8 cm³/mol. The summed E-state index contributed by atoms with van der Waals surface area (Å²) in [6, 6.07) is 7.94. The molecule has 1 aromatic carbocycles. The number of nitrogens with one attached hydrogen (secondary N) is 1. The highest BCUT2D eigenvalue weighted by atomic mass is 16.1. The Morgan fingerprint density at radius 2 is 2.00 bits per heavy atom. The first-order valence-electron chi connectivity index (χ1n) is 7.22. The van der Waals surface area contributed by atoms with E-state index in [2.05, 4.69) is 12.2 Å². The lowest BCUT2D eigenvalue weighted by Gasteiger charge is -2.28. The van der Waals surface area contributed by atoms with E-state index < -0.39 is 0 Å². The van der Waals surface area contributed by atoms with Gasteiger partial charge in [0.05, 0.1) is 5.92 Å². The number of benzene rings is 1. The van der Waals surface area contributed by atoms with Gasteiger partial charge >= 0.3 is 0 Å². The van der Waals surface area contributed by atoms with E-state index >= 15 is 0 Å². The van der Waals surface area contributed by atoms with Crippen molar-refractivity contribution in [2.24, 2.45) is 5.92 Å². The second-order valence-corrected chi connectivity index (χ2v) is 5.86. The predicted octanol–water partition coefficient (Wildman–Crippen LogP) is 3.07. The van der Waals surface area contributed by atoms with Crippen LogP contribution in [-0.2, 0) is 4.79 Å². The van der Waals surface area contributed by atoms with Crippen LogP contribution >= 0.6 is 0 Å². The van der Waals surface area contributed by atoms with Crippen molar-refractivity contribution in [3.05, 3.63) is 29.8 Å². The smallest absolute Gasteiger partial charge is 0.227 e. The summed E-state index contributed by atoms with van der Waals surface area (Å²) < 4.78 is 0. The third kappa shape index (κ3) is 3.72. The van der Waals surface area contributed by atoms with E-state index in [1.54, 1.807) is 0 Å². The molecule has 3 N–H and O–H groups in total. The minimum absolute atomic E-state index is 0.116. The average molecular weight is 260 g/mol. The molecule has 0 spiro atoms. The zero-order valence-electron chi connectivity index (χ0n) is 11.9. The molecule has 3 heteroatoms. The van der Waals surface area contributed by atoms with Gasteiger partial charge in [-0.3, -0.25) is 4.79 Å². The molecule has 0 saturated heterocycles. The normalized spacial score (nSPS) is 24.7. The number of hydrogen-bond acceptors (Lipinski definition) is 2. The van der Waals surface area contributed by atoms with E-state index in [0.717, 1.165) is 24.3 Å². The van der Waals surface area contributed by atoms with Crippen LogP contribution in [0.4, 0.5) is 5.69 Å². The maximum absolute atomic E-state index is 12.3. The van der Waals surface area contributed by atoms with Crippen molar-refractivity contribution >= 4 is 11.6 Å². The first kappa shape index (κ1) is 13.9. The van der Waals surface area contributed by atoms with E-state index in [0.29, 0.717) is 11.7 Å². The standard InChI is InChI=1S/C16H24N2O/c1-11-6-8-15(9-7-11)18-16(19)12(2)13-4-3-5-14(17)10-13/h3-5,10-12,15H,6-9,17H2,1-2H3,(H,18,19). The van der Waals surface area contributed by atoms with Crippen molar-refractivity contribution in [1.82, 2.24) is 5.32 Å². The van der Waals surface area contributed by atoms with E-state index in [1.807, 2.05) is 31.2 Å². The van der Waals surface area contributed by atoms with Gasteiger partial charge in [0.25, 0.3) is 0 Å². The Morgan fingerprint density at radius 3 is 2.63 bits per heavy atom. The molecular weight excluding hydrogens is 236 g/mol. The summed E-state index contributed by atoms with van der Waals surface area (Å²) in [4.78, 5) is 12.3. The van der Waals surface area contributed by atoms with Gasteiger partial charge in [-0.1, -0.05) is 19.1 Å². The second kappa shape index (κ2) is 6.09. The highest BCUT2D eigenvalue weighted by Gasteiger charge is 2.22. The maximum Gasteiger partial charge on any atom is 0.227 e. The molecule has 1 amide bonds. The lowest BCUT2D eigenvalue weighted by atomic mass is 9.87. The van der Waals surface area contributed by atoms with E-state index in [1.165, 1.54) is 12.8 Å². The Labute approximate surface area is 115 Å². The SMILES string of the molecule is CC1CCC(NC(=O)C(C)c2cccc(N)c2)CC1. The fourth-order valence-electron chi connectivity index (χ4n) is 2.71. The van der Waals surface area contributed by atoms with E-state index in [-0.39, 0.29) is 11.8 Å². The highest BCUT2D eigenvalue weighted by molar-refractivity contribution is 5.83. The molecular formula is C16H24N2O. The first-order valence-corrected chi connectivity index (χ1v) is 7.22. The van der Waals surface area contributed by atoms with Crippen molar-refractivity contribution in [1.29, 1.82) is 0 Å². The van der Waals surface area contributed by atoms with Crippen LogP contribution in [0.2, 0.25) is 0 Å². The number of hydrogen-bond donors (Lipinski definition) is 2. The third-order valence-electron chi connectivity index (χ3n) is 4.17. The molecule has 1 saturated carbocycles. The van der Waals surface area contributed by atoms with E-state index in [4.69, 9.17) is 5.73 Å². The summed E-state index contributed by atoms with van der Waals surface area (Å²) in [5, 5.41) is 3.18. The number of rotatable bonds is 3. The summed E-state index contributed by atoms with van der Waals surface area (Å²) >= 11 is 0. The van der Waals surface area contributed by atoms with Gasteiger partial charge in [0.1, 0.15) is 0 Å². The largest absolute Gasteiger partial charge is 0.399 e. The molecule has 0 bridgehead atoms. The zero-order chi connectivity index (χ0) is 13.8. The van der Waals surface area contributed by atoms with Crippen LogP contribution in [-0.4, -0.2) is 11.9 Å². The molecule has 0 radical (unpaired) electrons. The van der Waals surface area contributed by atoms with Crippen LogP contribution < -0.4 is 11.1 Å². The van der Waals surface area contributed by atoms with Crippen molar-refractivity contribution in [3.8, 4) is 0 Å². The summed E-state index contributed by atoms with van der Waals surface area (Å²) in [5.41, 5.74) is 7.46. The molecule has 2 rings (SSSR count). The lowest BCUT2D eigenvalue weighted by Crippen LogP contribution is -2.39. The van der Waals surface area contributed by atoms with Gasteiger partial charge in [0, 0.05) is 11.7 Å². The minimum atomic E-state index is -0.136. The summed E-state index contributed by atoms with van der Waals surface area (Å²) in [5.74, 6) is 0.785. The Hall–Kier alpha value is -1.51. The van der Waals surface area contributed by atoms with Gasteiger partial charge < -0.3 is 11.1 Å². The second-order valence-electron chi connectivity index (χ2n) is 5.86. The average Bonchev–Trinajstić information content (AvgIpc) is 2.40. The monoisotopic (exact) mass is 260 g/mol. The number of carbonyl (C=O) groups excluding carboxylic acids is 1. The number of carbonyl (C=O) groups is 1. The van der Waals surface area contributed by atoms with Crippen molar-refractivity contribution in [2.75, 3.05) is 5.73 Å². The van der Waals surface area contributed by atoms with Crippen LogP contribution in [0.5, 0.6) is 0 Å². The van der Waals surface area contributed by atoms with Gasteiger partial charge in [-0.25, -0.2) is 0 Å². The fourth-order valence-corrected chi connectivity index (χ4v) is 2.71. The minimum Gasteiger partial charge on any atom is -0.399 e. The molecule has 1 aliphatic rings. The van der Waals surface area contributed by atoms with Gasteiger partial charge in [-0.05, 0) is 56.2 Å². The van der Waals surface area contributed by atoms with Crippen molar-refractivity contribution in [3.63, 3.8) is 0 Å². The summed E-state index contributed by atoms with van der Waals surface area (Å²) in [6.45, 7) is 4.23. The molecule has 0 aliphatic heterocycles. The van der Waals surface area contributed by atoms with Gasteiger partial charge in [0.2, 0.25) is 5.91 Å². The number of amides is 1. The molecule has 0 aromatic heterocycles. The third-order valence-corrected chi connectivity index (χ3v) is 4.17. The molecule has 1 aliphatic carbocycles. The van der Waals surface area contributed by atoms with Gasteiger partial charge in [-0.2, -0.15) is 0 Å². The highest BCUT2D eigenvalue weighted by Crippen LogP contribution is 2.24. The molecule has 3 nitrogen and oxygen atoms in total. The van der Waals surface area contributed by atoms with E-state index in [9.17, 15) is 4.79 Å². The quantitative estimate of drug-likeness (QED) is 0.821. The molecule has 1 fully saturated rings.